The lowest BCUT2D eigenvalue weighted by Crippen LogP contribution is -2.14. The first-order valence-corrected chi connectivity index (χ1v) is 15.4. The van der Waals surface area contributed by atoms with Gasteiger partial charge in [0.2, 0.25) is 0 Å². The van der Waals surface area contributed by atoms with Gasteiger partial charge in [-0.1, -0.05) is 139 Å². The van der Waals surface area contributed by atoms with Crippen molar-refractivity contribution in [2.24, 2.45) is 0 Å². The number of benzene rings is 3. The van der Waals surface area contributed by atoms with E-state index in [1.165, 1.54) is 24.0 Å². The molecule has 0 saturated heterocycles. The van der Waals surface area contributed by atoms with Crippen LogP contribution in [0.1, 0.15) is 92.2 Å². The molecule has 0 spiro atoms. The summed E-state index contributed by atoms with van der Waals surface area (Å²) >= 11 is 0. The Morgan fingerprint density at radius 3 is 1.00 bits per heavy atom. The van der Waals surface area contributed by atoms with Crippen LogP contribution in [-0.2, 0) is 29.8 Å². The van der Waals surface area contributed by atoms with Crippen molar-refractivity contribution >= 4 is 0 Å². The molecule has 0 bridgehead atoms. The molecule has 3 aromatic carbocycles. The second-order valence-corrected chi connectivity index (χ2v) is 11.4. The fraction of sp³-hybridized carbons (Fsp3) is 0.526. The molecule has 0 aromatic heterocycles. The van der Waals surface area contributed by atoms with E-state index < -0.39 is 0 Å². The van der Waals surface area contributed by atoms with Gasteiger partial charge in [0.25, 0.3) is 0 Å². The number of rotatable bonds is 13. The molecule has 4 nitrogen and oxygen atoms in total. The Hall–Kier alpha value is -2.50. The zero-order chi connectivity index (χ0) is 31.7. The Labute approximate surface area is 258 Å². The van der Waals surface area contributed by atoms with Gasteiger partial charge in [0.1, 0.15) is 0 Å². The summed E-state index contributed by atoms with van der Waals surface area (Å²) < 4.78 is 20.5. The molecule has 4 heteroatoms. The molecule has 3 rings (SSSR count). The third kappa shape index (κ3) is 19.6. The maximum absolute atomic E-state index is 5.32. The third-order valence-electron chi connectivity index (χ3n) is 7.45. The van der Waals surface area contributed by atoms with E-state index in [4.69, 9.17) is 18.9 Å². The van der Waals surface area contributed by atoms with E-state index in [1.807, 2.05) is 50.2 Å². The molecule has 0 saturated carbocycles. The van der Waals surface area contributed by atoms with Gasteiger partial charge in [0.05, 0.1) is 0 Å². The van der Waals surface area contributed by atoms with Crippen molar-refractivity contribution in [1.29, 1.82) is 0 Å². The molecule has 0 heterocycles. The molecular formula is C38H60O4. The van der Waals surface area contributed by atoms with Crippen molar-refractivity contribution in [2.45, 2.75) is 104 Å². The smallest absolute Gasteiger partial charge is 0.154 e. The van der Waals surface area contributed by atoms with Crippen molar-refractivity contribution in [1.82, 2.24) is 0 Å². The summed E-state index contributed by atoms with van der Waals surface area (Å²) in [6.45, 7) is 18.8. The van der Waals surface area contributed by atoms with Crippen LogP contribution in [0.15, 0.2) is 97.1 Å². The standard InChI is InChI=1S/2C11H16.C10H22O4.C6H6/c2*1-4-11(2,3)10-8-6-5-7-9-10;1-9(11-3)13-7-5-6-8-14-10(2)12-4;1-2-4-6-5-3-1/h2*5-9H,4H2,1-3H3;9-10H,5-8H2,1-4H3;1-6H. The molecule has 0 aliphatic rings. The Bertz CT molecular complexity index is 866. The summed E-state index contributed by atoms with van der Waals surface area (Å²) in [7, 11) is 3.27. The molecule has 0 N–H and O–H groups in total. The lowest BCUT2D eigenvalue weighted by Gasteiger charge is -2.22. The van der Waals surface area contributed by atoms with Crippen LogP contribution in [0.5, 0.6) is 0 Å². The summed E-state index contributed by atoms with van der Waals surface area (Å²) in [4.78, 5) is 0. The first-order valence-electron chi connectivity index (χ1n) is 15.4. The van der Waals surface area contributed by atoms with Crippen LogP contribution in [0, 0.1) is 0 Å². The molecule has 0 aliphatic carbocycles. The second-order valence-electron chi connectivity index (χ2n) is 11.4. The van der Waals surface area contributed by atoms with Gasteiger partial charge in [-0.25, -0.2) is 0 Å². The van der Waals surface area contributed by atoms with Crippen LogP contribution >= 0.6 is 0 Å². The van der Waals surface area contributed by atoms with Crippen LogP contribution in [0.3, 0.4) is 0 Å². The highest BCUT2D eigenvalue weighted by Crippen LogP contribution is 2.26. The maximum atomic E-state index is 5.32. The van der Waals surface area contributed by atoms with Gasteiger partial charge in [-0.05, 0) is 61.5 Å². The van der Waals surface area contributed by atoms with Gasteiger partial charge >= 0.3 is 0 Å². The number of hydrogen-bond acceptors (Lipinski definition) is 4. The fourth-order valence-corrected chi connectivity index (χ4v) is 3.41. The van der Waals surface area contributed by atoms with Crippen molar-refractivity contribution in [3.8, 4) is 0 Å². The average molecular weight is 581 g/mol. The summed E-state index contributed by atoms with van der Waals surface area (Å²) in [6, 6.07) is 33.3. The Morgan fingerprint density at radius 2 is 0.762 bits per heavy atom. The van der Waals surface area contributed by atoms with Gasteiger partial charge < -0.3 is 18.9 Å². The Kier molecular flexibility index (Phi) is 22.6. The van der Waals surface area contributed by atoms with Crippen LogP contribution in [0.4, 0.5) is 0 Å². The fourth-order valence-electron chi connectivity index (χ4n) is 3.41. The molecule has 2 atom stereocenters. The molecule has 0 fully saturated rings. The topological polar surface area (TPSA) is 36.9 Å². The third-order valence-corrected chi connectivity index (χ3v) is 7.45. The largest absolute Gasteiger partial charge is 0.356 e. The number of hydrogen-bond donors (Lipinski definition) is 0. The van der Waals surface area contributed by atoms with Crippen LogP contribution < -0.4 is 0 Å². The van der Waals surface area contributed by atoms with Crippen molar-refractivity contribution < 1.29 is 18.9 Å². The molecule has 42 heavy (non-hydrogen) atoms. The molecule has 3 aromatic rings. The van der Waals surface area contributed by atoms with E-state index in [9.17, 15) is 0 Å². The normalized spacial score (nSPS) is 12.3. The highest BCUT2D eigenvalue weighted by atomic mass is 16.7. The van der Waals surface area contributed by atoms with Crippen LogP contribution in [0.2, 0.25) is 0 Å². The Balaban J connectivity index is 0.000000550. The molecule has 0 radical (unpaired) electrons. The molecule has 236 valence electrons. The number of methoxy groups -OCH3 is 2. The van der Waals surface area contributed by atoms with Crippen molar-refractivity contribution in [3.05, 3.63) is 108 Å². The number of ether oxygens (including phenoxy) is 4. The summed E-state index contributed by atoms with van der Waals surface area (Å²) in [6.07, 6.45) is 4.10. The minimum atomic E-state index is -0.117. The molecular weight excluding hydrogens is 520 g/mol. The maximum Gasteiger partial charge on any atom is 0.154 e. The minimum Gasteiger partial charge on any atom is -0.356 e. The van der Waals surface area contributed by atoms with E-state index in [1.54, 1.807) is 14.2 Å². The second kappa shape index (κ2) is 24.0. The zero-order valence-electron chi connectivity index (χ0n) is 28.3. The van der Waals surface area contributed by atoms with Crippen molar-refractivity contribution in [3.63, 3.8) is 0 Å². The van der Waals surface area contributed by atoms with E-state index in [-0.39, 0.29) is 12.6 Å². The van der Waals surface area contributed by atoms with Gasteiger partial charge in [0, 0.05) is 27.4 Å². The SMILES string of the molecule is CCC(C)(C)c1ccccc1.CCC(C)(C)c1ccccc1.COC(C)OCCCCOC(C)OC.c1ccccc1. The molecule has 2 unspecified atom stereocenters. The van der Waals surface area contributed by atoms with E-state index >= 15 is 0 Å². The van der Waals surface area contributed by atoms with Gasteiger partial charge in [-0.2, -0.15) is 0 Å². The monoisotopic (exact) mass is 580 g/mol. The van der Waals surface area contributed by atoms with E-state index in [0.29, 0.717) is 24.0 Å². The lowest BCUT2D eigenvalue weighted by molar-refractivity contribution is -0.121. The Morgan fingerprint density at radius 1 is 0.500 bits per heavy atom. The van der Waals surface area contributed by atoms with Gasteiger partial charge in [0.15, 0.2) is 12.6 Å². The first-order chi connectivity index (χ1) is 20.0. The average Bonchev–Trinajstić information content (AvgIpc) is 3.05. The zero-order valence-corrected chi connectivity index (χ0v) is 28.3. The minimum absolute atomic E-state index is 0.117. The highest BCUT2D eigenvalue weighted by molar-refractivity contribution is 5.23. The summed E-state index contributed by atoms with van der Waals surface area (Å²) in [5.41, 5.74) is 3.53. The van der Waals surface area contributed by atoms with Gasteiger partial charge in [-0.15, -0.1) is 0 Å². The van der Waals surface area contributed by atoms with Crippen molar-refractivity contribution in [2.75, 3.05) is 27.4 Å². The highest BCUT2D eigenvalue weighted by Gasteiger charge is 2.17. The van der Waals surface area contributed by atoms with Crippen LogP contribution in [0.25, 0.3) is 0 Å². The van der Waals surface area contributed by atoms with Gasteiger partial charge in [-0.3, -0.25) is 0 Å². The lowest BCUT2D eigenvalue weighted by atomic mass is 9.82. The van der Waals surface area contributed by atoms with E-state index in [2.05, 4.69) is 102 Å². The summed E-state index contributed by atoms with van der Waals surface area (Å²) in [5, 5.41) is 0. The molecule has 0 aliphatic heterocycles. The van der Waals surface area contributed by atoms with Crippen LogP contribution in [-0.4, -0.2) is 40.0 Å². The quantitative estimate of drug-likeness (QED) is 0.149. The summed E-state index contributed by atoms with van der Waals surface area (Å²) in [5.74, 6) is 0. The first kappa shape index (κ1) is 39.5. The number of unbranched alkanes of at least 4 members (excludes halogenated alkanes) is 1. The van der Waals surface area contributed by atoms with E-state index in [0.717, 1.165) is 12.8 Å². The predicted molar refractivity (Wildman–Crippen MR) is 180 cm³/mol. The molecule has 0 amide bonds. The predicted octanol–water partition coefficient (Wildman–Crippen LogP) is 10.2.